The van der Waals surface area contributed by atoms with Crippen LogP contribution in [0.15, 0.2) is 36.5 Å². The summed E-state index contributed by atoms with van der Waals surface area (Å²) < 4.78 is 62.1. The number of H-pyrrole nitrogens is 1. The van der Waals surface area contributed by atoms with Gasteiger partial charge in [-0.15, -0.1) is 13.2 Å². The largest absolute Gasteiger partial charge is 0.573 e. The second-order valence-corrected chi connectivity index (χ2v) is 10.1. The molecule has 2 aromatic heterocycles. The summed E-state index contributed by atoms with van der Waals surface area (Å²) in [5.41, 5.74) is 2.48. The molecule has 0 bridgehead atoms. The molecule has 196 valence electrons. The number of benzene rings is 1. The van der Waals surface area contributed by atoms with E-state index >= 15 is 4.39 Å². The molecule has 7 nitrogen and oxygen atoms in total. The molecule has 1 amide bonds. The number of morpholine rings is 1. The molecule has 1 spiro atoms. The van der Waals surface area contributed by atoms with Crippen LogP contribution in [0.1, 0.15) is 59.3 Å². The van der Waals surface area contributed by atoms with Crippen molar-refractivity contribution < 1.29 is 31.8 Å². The van der Waals surface area contributed by atoms with E-state index in [1.165, 1.54) is 18.3 Å². The second-order valence-electron chi connectivity index (χ2n) is 10.1. The summed E-state index contributed by atoms with van der Waals surface area (Å²) in [5, 5.41) is 4.29. The predicted molar refractivity (Wildman–Crippen MR) is 126 cm³/mol. The summed E-state index contributed by atoms with van der Waals surface area (Å²) in [6, 6.07) is 6.80. The van der Waals surface area contributed by atoms with Crippen LogP contribution in [0.3, 0.4) is 0 Å². The molecule has 2 N–H and O–H groups in total. The maximum absolute atomic E-state index is 15.0. The maximum atomic E-state index is 15.0. The van der Waals surface area contributed by atoms with Crippen molar-refractivity contribution >= 4 is 16.9 Å². The van der Waals surface area contributed by atoms with Crippen LogP contribution in [0.25, 0.3) is 11.0 Å². The predicted octanol–water partition coefficient (Wildman–Crippen LogP) is 4.81. The van der Waals surface area contributed by atoms with Crippen LogP contribution in [-0.4, -0.2) is 58.9 Å². The summed E-state index contributed by atoms with van der Waals surface area (Å²) in [6.45, 7) is 2.16. The zero-order chi connectivity index (χ0) is 25.8. The number of hydrogen-bond donors (Lipinski definition) is 2. The van der Waals surface area contributed by atoms with Crippen LogP contribution in [0.5, 0.6) is 5.75 Å². The molecule has 3 fully saturated rings. The van der Waals surface area contributed by atoms with Crippen LogP contribution < -0.4 is 10.1 Å². The minimum atomic E-state index is -4.79. The third-order valence-electron chi connectivity index (χ3n) is 7.62. The topological polar surface area (TPSA) is 79.5 Å². The van der Waals surface area contributed by atoms with Gasteiger partial charge in [0.1, 0.15) is 23.3 Å². The zero-order valence-corrected chi connectivity index (χ0v) is 19.9. The van der Waals surface area contributed by atoms with Gasteiger partial charge in [-0.1, -0.05) is 0 Å². The Morgan fingerprint density at radius 1 is 1.16 bits per heavy atom. The van der Waals surface area contributed by atoms with E-state index in [1.807, 2.05) is 6.07 Å². The second kappa shape index (κ2) is 8.98. The Morgan fingerprint density at radius 3 is 2.51 bits per heavy atom. The minimum Gasteiger partial charge on any atom is -0.406 e. The molecule has 3 aliphatic rings. The average Bonchev–Trinajstić information content (AvgIpc) is 3.49. The number of carbonyl (C=O) groups excluding carboxylic acids is 1. The minimum absolute atomic E-state index is 0.0964. The number of ether oxygens (including phenoxy) is 2. The Balaban J connectivity index is 1.14. The summed E-state index contributed by atoms with van der Waals surface area (Å²) in [7, 11) is 0. The van der Waals surface area contributed by atoms with Gasteiger partial charge in [-0.25, -0.2) is 9.37 Å². The first-order chi connectivity index (χ1) is 17.7. The van der Waals surface area contributed by atoms with E-state index in [-0.39, 0.29) is 40.6 Å². The third-order valence-corrected chi connectivity index (χ3v) is 7.62. The smallest absolute Gasteiger partial charge is 0.406 e. The number of aromatic amines is 1. The number of rotatable bonds is 4. The lowest BCUT2D eigenvalue weighted by Gasteiger charge is -2.32. The number of amides is 1. The first-order valence-electron chi connectivity index (χ1n) is 12.4. The quantitative estimate of drug-likeness (QED) is 0.485. The van der Waals surface area contributed by atoms with E-state index < -0.39 is 6.36 Å². The number of nitrogens with zero attached hydrogens (tertiary/aromatic N) is 2. The molecule has 6 rings (SSSR count). The Bertz CT molecular complexity index is 1300. The van der Waals surface area contributed by atoms with Crippen LogP contribution in [0.4, 0.5) is 17.6 Å². The van der Waals surface area contributed by atoms with Gasteiger partial charge in [0, 0.05) is 47.4 Å². The highest BCUT2D eigenvalue weighted by Crippen LogP contribution is 2.41. The number of halogens is 4. The molecular weight excluding hydrogens is 492 g/mol. The van der Waals surface area contributed by atoms with Gasteiger partial charge in [0.2, 0.25) is 0 Å². The molecule has 1 saturated carbocycles. The molecule has 0 radical (unpaired) electrons. The van der Waals surface area contributed by atoms with Crippen molar-refractivity contribution in [3.8, 4) is 5.75 Å². The fourth-order valence-corrected chi connectivity index (χ4v) is 5.38. The van der Waals surface area contributed by atoms with Crippen molar-refractivity contribution in [3.05, 3.63) is 59.2 Å². The van der Waals surface area contributed by atoms with Crippen LogP contribution >= 0.6 is 0 Å². The SMILES string of the molecule is O=C(c1ccc(OC(F)(F)F)cc1)N1CCC(c2c(F)cnc3[nH]c(C4CNC5(CC5)CO4)cc23)CC1. The first kappa shape index (κ1) is 24.2. The van der Waals surface area contributed by atoms with Gasteiger partial charge in [0.05, 0.1) is 12.8 Å². The monoisotopic (exact) mass is 518 g/mol. The van der Waals surface area contributed by atoms with E-state index in [1.54, 1.807) is 4.90 Å². The van der Waals surface area contributed by atoms with E-state index in [2.05, 4.69) is 20.0 Å². The molecule has 1 aliphatic carbocycles. The summed E-state index contributed by atoms with van der Waals surface area (Å²) >= 11 is 0. The molecule has 1 unspecified atom stereocenters. The molecule has 1 atom stereocenters. The van der Waals surface area contributed by atoms with E-state index in [9.17, 15) is 18.0 Å². The normalized spacial score (nSPS) is 21.9. The first-order valence-corrected chi connectivity index (χ1v) is 12.4. The summed E-state index contributed by atoms with van der Waals surface area (Å²) in [5.74, 6) is -1.13. The zero-order valence-electron chi connectivity index (χ0n) is 19.9. The number of alkyl halides is 3. The van der Waals surface area contributed by atoms with E-state index in [0.717, 1.165) is 36.1 Å². The Labute approximate surface area is 210 Å². The van der Waals surface area contributed by atoms with Gasteiger partial charge >= 0.3 is 6.36 Å². The number of carbonyl (C=O) groups is 1. The molecule has 37 heavy (non-hydrogen) atoms. The summed E-state index contributed by atoms with van der Waals surface area (Å²) in [6.07, 6.45) is -0.336. The van der Waals surface area contributed by atoms with E-state index in [0.29, 0.717) is 50.3 Å². The number of hydrogen-bond acceptors (Lipinski definition) is 5. The lowest BCUT2D eigenvalue weighted by molar-refractivity contribution is -0.274. The van der Waals surface area contributed by atoms with Crippen LogP contribution in [0, 0.1) is 5.82 Å². The molecule has 2 aliphatic heterocycles. The molecule has 2 saturated heterocycles. The van der Waals surface area contributed by atoms with Gasteiger partial charge in [0.15, 0.2) is 0 Å². The Hall–Kier alpha value is -3.18. The Morgan fingerprint density at radius 2 is 1.89 bits per heavy atom. The fraction of sp³-hybridized carbons (Fsp3) is 0.462. The lowest BCUT2D eigenvalue weighted by Crippen LogP contribution is -2.44. The number of pyridine rings is 1. The maximum Gasteiger partial charge on any atom is 0.573 e. The molecule has 11 heteroatoms. The van der Waals surface area contributed by atoms with Gasteiger partial charge in [-0.3, -0.25) is 4.79 Å². The van der Waals surface area contributed by atoms with Crippen molar-refractivity contribution in [1.29, 1.82) is 0 Å². The van der Waals surface area contributed by atoms with Crippen molar-refractivity contribution in [1.82, 2.24) is 20.2 Å². The number of fused-ring (bicyclic) bond motifs is 1. The highest BCUT2D eigenvalue weighted by molar-refractivity contribution is 5.94. The lowest BCUT2D eigenvalue weighted by atomic mass is 9.87. The Kier molecular flexibility index (Phi) is 5.87. The number of aromatic nitrogens is 2. The van der Waals surface area contributed by atoms with Crippen molar-refractivity contribution in [2.45, 2.75) is 49.6 Å². The van der Waals surface area contributed by atoms with Gasteiger partial charge in [-0.05, 0) is 61.9 Å². The fourth-order valence-electron chi connectivity index (χ4n) is 5.38. The van der Waals surface area contributed by atoms with Crippen molar-refractivity contribution in [2.24, 2.45) is 0 Å². The molecule has 3 aromatic rings. The summed E-state index contributed by atoms with van der Waals surface area (Å²) in [4.78, 5) is 22.1. The number of likely N-dealkylation sites (tertiary alicyclic amines) is 1. The van der Waals surface area contributed by atoms with Gasteiger partial charge in [-0.2, -0.15) is 0 Å². The highest BCUT2D eigenvalue weighted by atomic mass is 19.4. The van der Waals surface area contributed by atoms with Crippen LogP contribution in [-0.2, 0) is 4.74 Å². The molecular formula is C26H26F4N4O3. The van der Waals surface area contributed by atoms with Crippen molar-refractivity contribution in [2.75, 3.05) is 26.2 Å². The standard InChI is InChI=1S/C26H26F4N4O3/c27-19-12-31-23-18(11-20(33-23)21-13-32-25(7-8-25)14-36-21)22(19)15-5-9-34(10-6-15)24(35)16-1-3-17(4-2-16)37-26(28,29)30/h1-4,11-12,15,21,32H,5-10,13-14H2,(H,31,33). The molecule has 4 heterocycles. The van der Waals surface area contributed by atoms with Crippen molar-refractivity contribution in [3.63, 3.8) is 0 Å². The van der Waals surface area contributed by atoms with Gasteiger partial charge < -0.3 is 24.7 Å². The number of piperidine rings is 1. The third kappa shape index (κ3) is 4.89. The van der Waals surface area contributed by atoms with Gasteiger partial charge in [0.25, 0.3) is 5.91 Å². The highest BCUT2D eigenvalue weighted by Gasteiger charge is 2.46. The average molecular weight is 519 g/mol. The molecule has 1 aromatic carbocycles. The number of nitrogens with one attached hydrogen (secondary N) is 2. The van der Waals surface area contributed by atoms with E-state index in [4.69, 9.17) is 4.74 Å². The van der Waals surface area contributed by atoms with Crippen LogP contribution in [0.2, 0.25) is 0 Å².